The van der Waals surface area contributed by atoms with Crippen LogP contribution >= 0.6 is 22.9 Å². The monoisotopic (exact) mass is 366 g/mol. The molecular formula is C17H19ClN2O3S. The number of aliphatic carboxylic acids is 1. The number of amides is 1. The van der Waals surface area contributed by atoms with Crippen molar-refractivity contribution in [2.75, 3.05) is 6.54 Å². The number of hydrogen-bond donors (Lipinski definition) is 2. The molecule has 0 saturated heterocycles. The fourth-order valence-electron chi connectivity index (χ4n) is 1.96. The smallest absolute Gasteiger partial charge is 0.309 e. The average Bonchev–Trinajstić information content (AvgIpc) is 2.96. The molecule has 2 aromatic rings. The van der Waals surface area contributed by atoms with Crippen LogP contribution in [0.2, 0.25) is 5.02 Å². The normalized spacial score (nSPS) is 11.3. The summed E-state index contributed by atoms with van der Waals surface area (Å²) < 4.78 is 0. The molecule has 1 heterocycles. The Kier molecular flexibility index (Phi) is 5.96. The van der Waals surface area contributed by atoms with Gasteiger partial charge in [-0.2, -0.15) is 0 Å². The standard InChI is InChI=1S/C17H19ClN2O3S/c1-17(2,16(22)23)7-8-19-14(21)9-13-10-24-15(20-13)11-3-5-12(18)6-4-11/h3-6,10H,7-9H2,1-2H3,(H,19,21)(H,22,23). The number of benzene rings is 1. The second-order valence-corrected chi connectivity index (χ2v) is 7.41. The number of carboxylic acids is 1. The molecule has 0 bridgehead atoms. The van der Waals surface area contributed by atoms with E-state index in [4.69, 9.17) is 16.7 Å². The number of carboxylic acid groups (broad SMARTS) is 1. The van der Waals surface area contributed by atoms with Gasteiger partial charge in [-0.25, -0.2) is 4.98 Å². The van der Waals surface area contributed by atoms with E-state index in [-0.39, 0.29) is 12.3 Å². The molecule has 0 unspecified atom stereocenters. The highest BCUT2D eigenvalue weighted by molar-refractivity contribution is 7.13. The highest BCUT2D eigenvalue weighted by Crippen LogP contribution is 2.25. The number of carbonyl (C=O) groups is 2. The number of aromatic nitrogens is 1. The van der Waals surface area contributed by atoms with Crippen LogP contribution in [0, 0.1) is 5.41 Å². The van der Waals surface area contributed by atoms with E-state index in [1.165, 1.54) is 11.3 Å². The van der Waals surface area contributed by atoms with E-state index in [1.807, 2.05) is 17.5 Å². The number of rotatable bonds is 7. The molecule has 5 nitrogen and oxygen atoms in total. The van der Waals surface area contributed by atoms with Gasteiger partial charge in [0.15, 0.2) is 0 Å². The summed E-state index contributed by atoms with van der Waals surface area (Å²) >= 11 is 7.34. The molecule has 0 aliphatic rings. The van der Waals surface area contributed by atoms with Crippen LogP contribution in [0.4, 0.5) is 0 Å². The number of halogens is 1. The van der Waals surface area contributed by atoms with Gasteiger partial charge >= 0.3 is 5.97 Å². The highest BCUT2D eigenvalue weighted by Gasteiger charge is 2.26. The van der Waals surface area contributed by atoms with Crippen LogP contribution < -0.4 is 5.32 Å². The van der Waals surface area contributed by atoms with Crippen LogP contribution in [0.15, 0.2) is 29.6 Å². The molecule has 0 spiro atoms. The summed E-state index contributed by atoms with van der Waals surface area (Å²) in [6, 6.07) is 7.38. The van der Waals surface area contributed by atoms with Crippen molar-refractivity contribution in [3.63, 3.8) is 0 Å². The Balaban J connectivity index is 1.87. The van der Waals surface area contributed by atoms with Gasteiger partial charge < -0.3 is 10.4 Å². The molecule has 0 radical (unpaired) electrons. The van der Waals surface area contributed by atoms with Crippen molar-refractivity contribution in [2.24, 2.45) is 5.41 Å². The number of carbonyl (C=O) groups excluding carboxylic acids is 1. The minimum absolute atomic E-state index is 0.163. The van der Waals surface area contributed by atoms with E-state index in [1.54, 1.807) is 26.0 Å². The molecule has 2 rings (SSSR count). The van der Waals surface area contributed by atoms with E-state index in [2.05, 4.69) is 10.3 Å². The van der Waals surface area contributed by atoms with Gasteiger partial charge in [0.2, 0.25) is 5.91 Å². The van der Waals surface area contributed by atoms with Crippen LogP contribution in [-0.2, 0) is 16.0 Å². The van der Waals surface area contributed by atoms with E-state index < -0.39 is 11.4 Å². The van der Waals surface area contributed by atoms with Crippen LogP contribution in [0.25, 0.3) is 10.6 Å². The third-order valence-electron chi connectivity index (χ3n) is 3.64. The number of nitrogens with one attached hydrogen (secondary N) is 1. The van der Waals surface area contributed by atoms with Crippen molar-refractivity contribution in [3.05, 3.63) is 40.4 Å². The highest BCUT2D eigenvalue weighted by atomic mass is 35.5. The van der Waals surface area contributed by atoms with Crippen molar-refractivity contribution in [1.29, 1.82) is 0 Å². The van der Waals surface area contributed by atoms with Crippen LogP contribution in [-0.4, -0.2) is 28.5 Å². The second-order valence-electron chi connectivity index (χ2n) is 6.12. The first-order valence-corrected chi connectivity index (χ1v) is 8.74. The van der Waals surface area contributed by atoms with Gasteiger partial charge in [0, 0.05) is 22.5 Å². The van der Waals surface area contributed by atoms with Gasteiger partial charge in [-0.3, -0.25) is 9.59 Å². The van der Waals surface area contributed by atoms with Crippen LogP contribution in [0.1, 0.15) is 26.0 Å². The Labute approximate surface area is 149 Å². The molecule has 0 atom stereocenters. The van der Waals surface area contributed by atoms with Crippen molar-refractivity contribution in [1.82, 2.24) is 10.3 Å². The molecule has 1 aromatic carbocycles. The van der Waals surface area contributed by atoms with Gasteiger partial charge in [0.25, 0.3) is 0 Å². The third-order valence-corrected chi connectivity index (χ3v) is 4.83. The van der Waals surface area contributed by atoms with E-state index in [0.29, 0.717) is 23.7 Å². The zero-order chi connectivity index (χ0) is 17.7. The number of thiazole rings is 1. The van der Waals surface area contributed by atoms with Gasteiger partial charge in [-0.05, 0) is 32.4 Å². The molecule has 1 amide bonds. The summed E-state index contributed by atoms with van der Waals surface area (Å²) in [7, 11) is 0. The lowest BCUT2D eigenvalue weighted by Gasteiger charge is -2.18. The summed E-state index contributed by atoms with van der Waals surface area (Å²) in [5, 5.41) is 15.1. The summed E-state index contributed by atoms with van der Waals surface area (Å²) in [5.41, 5.74) is 0.801. The lowest BCUT2D eigenvalue weighted by Crippen LogP contribution is -2.32. The zero-order valence-corrected chi connectivity index (χ0v) is 15.1. The summed E-state index contributed by atoms with van der Waals surface area (Å²) in [5.74, 6) is -1.03. The lowest BCUT2D eigenvalue weighted by molar-refractivity contribution is -0.147. The predicted molar refractivity (Wildman–Crippen MR) is 95.3 cm³/mol. The molecular weight excluding hydrogens is 348 g/mol. The Morgan fingerprint density at radius 2 is 1.96 bits per heavy atom. The Hall–Kier alpha value is -1.92. The molecule has 2 N–H and O–H groups in total. The van der Waals surface area contributed by atoms with E-state index >= 15 is 0 Å². The first kappa shape index (κ1) is 18.4. The summed E-state index contributed by atoms with van der Waals surface area (Å²) in [6.07, 6.45) is 0.554. The lowest BCUT2D eigenvalue weighted by atomic mass is 9.90. The topological polar surface area (TPSA) is 79.3 Å². The maximum Gasteiger partial charge on any atom is 0.309 e. The minimum Gasteiger partial charge on any atom is -0.481 e. The van der Waals surface area contributed by atoms with Crippen molar-refractivity contribution >= 4 is 34.8 Å². The maximum atomic E-state index is 11.9. The van der Waals surface area contributed by atoms with Crippen molar-refractivity contribution in [2.45, 2.75) is 26.7 Å². The number of hydrogen-bond acceptors (Lipinski definition) is 4. The van der Waals surface area contributed by atoms with Gasteiger partial charge in [0.05, 0.1) is 17.5 Å². The van der Waals surface area contributed by atoms with Gasteiger partial charge in [0.1, 0.15) is 5.01 Å². The minimum atomic E-state index is -0.871. The first-order chi connectivity index (χ1) is 11.3. The second kappa shape index (κ2) is 7.77. The van der Waals surface area contributed by atoms with E-state index in [9.17, 15) is 9.59 Å². The molecule has 24 heavy (non-hydrogen) atoms. The van der Waals surface area contributed by atoms with Crippen LogP contribution in [0.5, 0.6) is 0 Å². The van der Waals surface area contributed by atoms with Gasteiger partial charge in [-0.15, -0.1) is 11.3 Å². The zero-order valence-electron chi connectivity index (χ0n) is 13.5. The molecule has 0 aliphatic carbocycles. The first-order valence-electron chi connectivity index (χ1n) is 7.48. The van der Waals surface area contributed by atoms with Crippen molar-refractivity contribution in [3.8, 4) is 10.6 Å². The van der Waals surface area contributed by atoms with Crippen LogP contribution in [0.3, 0.4) is 0 Å². The Bertz CT molecular complexity index is 726. The SMILES string of the molecule is CC(C)(CCNC(=O)Cc1csc(-c2ccc(Cl)cc2)n1)C(=O)O. The maximum absolute atomic E-state index is 11.9. The molecule has 0 aliphatic heterocycles. The quantitative estimate of drug-likeness (QED) is 0.784. The molecule has 0 saturated carbocycles. The predicted octanol–water partition coefficient (Wildman–Crippen LogP) is 3.62. The van der Waals surface area contributed by atoms with E-state index in [0.717, 1.165) is 10.6 Å². The number of nitrogens with zero attached hydrogens (tertiary/aromatic N) is 1. The van der Waals surface area contributed by atoms with Crippen molar-refractivity contribution < 1.29 is 14.7 Å². The fourth-order valence-corrected chi connectivity index (χ4v) is 2.91. The Morgan fingerprint density at radius 3 is 2.58 bits per heavy atom. The molecule has 0 fully saturated rings. The fraction of sp³-hybridized carbons (Fsp3) is 0.353. The summed E-state index contributed by atoms with van der Waals surface area (Å²) in [4.78, 5) is 27.4. The average molecular weight is 367 g/mol. The summed E-state index contributed by atoms with van der Waals surface area (Å²) in [6.45, 7) is 3.60. The largest absolute Gasteiger partial charge is 0.481 e. The van der Waals surface area contributed by atoms with Gasteiger partial charge in [-0.1, -0.05) is 23.7 Å². The Morgan fingerprint density at radius 1 is 1.29 bits per heavy atom. The third kappa shape index (κ3) is 5.04. The molecule has 1 aromatic heterocycles. The molecule has 7 heteroatoms. The molecule has 128 valence electrons.